The van der Waals surface area contributed by atoms with Gasteiger partial charge < -0.3 is 90.4 Å². The lowest BCUT2D eigenvalue weighted by Gasteiger charge is -2.51. The summed E-state index contributed by atoms with van der Waals surface area (Å²) in [6.07, 6.45) is -8.29. The Morgan fingerprint density at radius 2 is 0.984 bits per heavy atom. The van der Waals surface area contributed by atoms with Gasteiger partial charge in [-0.05, 0) is 53.6 Å². The van der Waals surface area contributed by atoms with Gasteiger partial charge in [-0.3, -0.25) is 0 Å². The molecule has 18 nitrogen and oxygen atoms in total. The van der Waals surface area contributed by atoms with E-state index in [1.54, 1.807) is 0 Å². The number of aliphatic hydroxyl groups excluding tert-OH is 3. The van der Waals surface area contributed by atoms with E-state index in [0.29, 0.717) is 0 Å². The Balaban J connectivity index is 1.25. The van der Waals surface area contributed by atoms with E-state index in [1.807, 2.05) is 0 Å². The summed E-state index contributed by atoms with van der Waals surface area (Å²) in [5.74, 6) is -12.6. The van der Waals surface area contributed by atoms with E-state index >= 15 is 0 Å². The first-order valence-corrected chi connectivity index (χ1v) is 19.3. The summed E-state index contributed by atoms with van der Waals surface area (Å²) in [7, 11) is 0. The van der Waals surface area contributed by atoms with Crippen LogP contribution in [0.3, 0.4) is 0 Å². The van der Waals surface area contributed by atoms with Crippen molar-refractivity contribution in [3.8, 4) is 86.2 Å². The molecular formula is C45H36O18. The third-order valence-corrected chi connectivity index (χ3v) is 12.2. The highest BCUT2D eigenvalue weighted by molar-refractivity contribution is 5.72. The van der Waals surface area contributed by atoms with Crippen molar-refractivity contribution in [2.75, 3.05) is 0 Å². The van der Waals surface area contributed by atoms with E-state index in [0.717, 1.165) is 60.7 Å². The third kappa shape index (κ3) is 5.68. The number of hydrogen-bond acceptors (Lipinski definition) is 18. The van der Waals surface area contributed by atoms with Crippen LogP contribution in [0.1, 0.15) is 68.6 Å². The molecule has 0 saturated carbocycles. The number of phenolic OH excluding ortho intramolecular Hbond substituents is 11. The van der Waals surface area contributed by atoms with Crippen LogP contribution in [0, 0.1) is 0 Å². The summed E-state index contributed by atoms with van der Waals surface area (Å²) >= 11 is 0. The second-order valence-electron chi connectivity index (χ2n) is 15.9. The highest BCUT2D eigenvalue weighted by atomic mass is 16.7. The van der Waals surface area contributed by atoms with Crippen molar-refractivity contribution in [3.63, 3.8) is 0 Å². The summed E-state index contributed by atoms with van der Waals surface area (Å²) in [5.41, 5.74) is -0.583. The monoisotopic (exact) mass is 864 g/mol. The summed E-state index contributed by atoms with van der Waals surface area (Å²) in [5, 5.41) is 155. The number of aliphatic hydroxyl groups is 3. The zero-order chi connectivity index (χ0) is 44.5. The van der Waals surface area contributed by atoms with Gasteiger partial charge in [-0.15, -0.1) is 0 Å². The number of rotatable bonds is 4. The molecular weight excluding hydrogens is 828 g/mol. The highest BCUT2D eigenvalue weighted by Crippen LogP contribution is 2.65. The fourth-order valence-electron chi connectivity index (χ4n) is 9.32. The van der Waals surface area contributed by atoms with Crippen LogP contribution in [0.15, 0.2) is 78.9 Å². The van der Waals surface area contributed by atoms with Gasteiger partial charge in [0.05, 0.1) is 17.9 Å². The zero-order valence-corrected chi connectivity index (χ0v) is 32.1. The second-order valence-corrected chi connectivity index (χ2v) is 15.9. The van der Waals surface area contributed by atoms with E-state index < -0.39 is 111 Å². The Kier molecular flexibility index (Phi) is 8.49. The van der Waals surface area contributed by atoms with Crippen molar-refractivity contribution in [3.05, 3.63) is 123 Å². The molecule has 6 aromatic carbocycles. The molecule has 8 atom stereocenters. The van der Waals surface area contributed by atoms with Gasteiger partial charge in [-0.25, -0.2) is 0 Å². The SMILES string of the molecule is Oc1cc(O)c2c(c1)O[C@@]1(c3ccc(O)c(O)c3)Oc3cc(O)c4c(c3[C@@H]2[C@H]1O)O[C@H](c1ccc(O)c(O)c1)[C@H](O)C4c1c(O)cc(O)c2c1O[C@@H](c1ccc(O)c(O)c1)[C@@H](O)C2. The van der Waals surface area contributed by atoms with Gasteiger partial charge in [0, 0.05) is 64.1 Å². The number of benzene rings is 6. The van der Waals surface area contributed by atoms with E-state index in [1.165, 1.54) is 18.2 Å². The summed E-state index contributed by atoms with van der Waals surface area (Å²) in [6, 6.07) is 14.8. The van der Waals surface area contributed by atoms with Crippen LogP contribution in [0.5, 0.6) is 86.2 Å². The minimum Gasteiger partial charge on any atom is -0.508 e. The standard InChI is InChI=1S/C45H36O18/c46-18-10-27(54)33-31(11-18)62-45(17-3-6-22(49)26(53)9-17)44(59)38(33)36-32(63-45)14-29(56)35-37(39(58)41(61-43(35)36)16-2-5-21(48)25(52)8-16)34-28(55)13-23(50)19-12-30(57)40(60-42(19)34)15-1-4-20(47)24(51)7-15/h1-11,13-14,30,37-41,44,46-59H,12H2/t30-,37?,38+,39+,40-,41+,44+,45-/m0/s1. The number of ether oxygens (including phenoxy) is 4. The molecule has 0 fully saturated rings. The molecule has 18 heteroatoms. The van der Waals surface area contributed by atoms with Crippen LogP contribution in [-0.2, 0) is 12.2 Å². The summed E-state index contributed by atoms with van der Waals surface area (Å²) < 4.78 is 25.6. The molecule has 63 heavy (non-hydrogen) atoms. The maximum absolute atomic E-state index is 12.5. The maximum atomic E-state index is 12.5. The van der Waals surface area contributed by atoms with E-state index in [-0.39, 0.29) is 73.9 Å². The van der Waals surface area contributed by atoms with Crippen molar-refractivity contribution in [2.45, 2.75) is 54.6 Å². The lowest BCUT2D eigenvalue weighted by molar-refractivity contribution is -0.219. The van der Waals surface area contributed by atoms with Gasteiger partial charge in [0.15, 0.2) is 40.6 Å². The lowest BCUT2D eigenvalue weighted by atomic mass is 9.71. The van der Waals surface area contributed by atoms with Gasteiger partial charge in [0.2, 0.25) is 0 Å². The Bertz CT molecular complexity index is 2910. The molecule has 4 heterocycles. The van der Waals surface area contributed by atoms with Gasteiger partial charge >= 0.3 is 5.79 Å². The van der Waals surface area contributed by atoms with Crippen LogP contribution in [0.2, 0.25) is 0 Å². The zero-order valence-electron chi connectivity index (χ0n) is 32.1. The molecule has 10 rings (SSSR count). The number of fused-ring (bicyclic) bond motifs is 9. The molecule has 4 aliphatic rings. The quantitative estimate of drug-likeness (QED) is 0.110. The number of hydrogen-bond donors (Lipinski definition) is 14. The van der Waals surface area contributed by atoms with Gasteiger partial charge in [0.25, 0.3) is 0 Å². The Labute approximate surface area is 354 Å². The molecule has 6 aromatic rings. The van der Waals surface area contributed by atoms with Crippen LogP contribution < -0.4 is 18.9 Å². The molecule has 0 amide bonds. The van der Waals surface area contributed by atoms with Crippen molar-refractivity contribution in [2.24, 2.45) is 0 Å². The predicted octanol–water partition coefficient (Wildman–Crippen LogP) is 4.24. The topological polar surface area (TPSA) is 320 Å². The van der Waals surface area contributed by atoms with Crippen molar-refractivity contribution >= 4 is 0 Å². The molecule has 14 N–H and O–H groups in total. The molecule has 0 spiro atoms. The third-order valence-electron chi connectivity index (χ3n) is 12.2. The lowest BCUT2D eigenvalue weighted by Crippen LogP contribution is -2.57. The smallest absolute Gasteiger partial charge is 0.305 e. The van der Waals surface area contributed by atoms with Crippen molar-refractivity contribution < 1.29 is 90.4 Å². The van der Waals surface area contributed by atoms with Crippen LogP contribution in [0.4, 0.5) is 0 Å². The molecule has 1 unspecified atom stereocenters. The van der Waals surface area contributed by atoms with Crippen molar-refractivity contribution in [1.29, 1.82) is 0 Å². The molecule has 2 bridgehead atoms. The van der Waals surface area contributed by atoms with Crippen LogP contribution >= 0.6 is 0 Å². The molecule has 0 aliphatic carbocycles. The highest BCUT2D eigenvalue weighted by Gasteiger charge is 2.61. The summed E-state index contributed by atoms with van der Waals surface area (Å²) in [6.45, 7) is 0. The Morgan fingerprint density at radius 1 is 0.444 bits per heavy atom. The average molecular weight is 865 g/mol. The average Bonchev–Trinajstić information content (AvgIpc) is 3.22. The van der Waals surface area contributed by atoms with E-state index in [9.17, 15) is 71.5 Å². The maximum Gasteiger partial charge on any atom is 0.305 e. The normalized spacial score (nSPS) is 25.2. The minimum absolute atomic E-state index is 0.0325. The molecule has 324 valence electrons. The Hall–Kier alpha value is -7.80. The molecule has 0 saturated heterocycles. The molecule has 4 aliphatic heterocycles. The van der Waals surface area contributed by atoms with Crippen molar-refractivity contribution in [1.82, 2.24) is 0 Å². The summed E-state index contributed by atoms with van der Waals surface area (Å²) in [4.78, 5) is 0. The predicted molar refractivity (Wildman–Crippen MR) is 212 cm³/mol. The first kappa shape index (κ1) is 39.3. The Morgan fingerprint density at radius 3 is 1.62 bits per heavy atom. The van der Waals surface area contributed by atoms with Gasteiger partial charge in [-0.1, -0.05) is 12.1 Å². The number of phenols is 11. The van der Waals surface area contributed by atoms with Crippen LogP contribution in [-0.4, -0.2) is 89.8 Å². The fraction of sp³-hybridized carbons (Fsp3) is 0.200. The van der Waals surface area contributed by atoms with E-state index in [2.05, 4.69) is 0 Å². The first-order chi connectivity index (χ1) is 30.0. The van der Waals surface area contributed by atoms with Crippen LogP contribution in [0.25, 0.3) is 0 Å². The molecule has 0 radical (unpaired) electrons. The van der Waals surface area contributed by atoms with Gasteiger partial charge in [0.1, 0.15) is 70.1 Å². The van der Waals surface area contributed by atoms with E-state index in [4.69, 9.17) is 18.9 Å². The number of aromatic hydroxyl groups is 11. The largest absolute Gasteiger partial charge is 0.508 e. The fourth-order valence-corrected chi connectivity index (χ4v) is 9.32. The second kappa shape index (κ2) is 13.6. The first-order valence-electron chi connectivity index (χ1n) is 19.3. The molecule has 0 aromatic heterocycles. The minimum atomic E-state index is -2.31. The van der Waals surface area contributed by atoms with Gasteiger partial charge in [-0.2, -0.15) is 0 Å².